The number of benzene rings is 1. The summed E-state index contributed by atoms with van der Waals surface area (Å²) in [5, 5.41) is 3.15. The molecule has 0 radical (unpaired) electrons. The van der Waals surface area contributed by atoms with Crippen molar-refractivity contribution in [1.29, 1.82) is 0 Å². The molecule has 1 atom stereocenters. The van der Waals surface area contributed by atoms with E-state index in [0.29, 0.717) is 12.0 Å². The summed E-state index contributed by atoms with van der Waals surface area (Å²) in [7, 11) is 1.85. The second-order valence-electron chi connectivity index (χ2n) is 4.23. The van der Waals surface area contributed by atoms with Gasteiger partial charge in [-0.2, -0.15) is 0 Å². The van der Waals surface area contributed by atoms with Crippen LogP contribution < -0.4 is 5.32 Å². The smallest absolute Gasteiger partial charge is 0.126 e. The third kappa shape index (κ3) is 3.00. The average molecular weight is 312 g/mol. The molecular formula is C14H15BrFNO. The molecule has 0 amide bonds. The van der Waals surface area contributed by atoms with E-state index in [2.05, 4.69) is 21.2 Å². The first kappa shape index (κ1) is 13.3. The minimum atomic E-state index is -0.193. The van der Waals surface area contributed by atoms with Crippen molar-refractivity contribution in [3.8, 4) is 0 Å². The summed E-state index contributed by atoms with van der Waals surface area (Å²) in [4.78, 5) is 0. The van der Waals surface area contributed by atoms with Crippen LogP contribution in [0.2, 0.25) is 0 Å². The first-order valence-corrected chi connectivity index (χ1v) is 6.57. The van der Waals surface area contributed by atoms with E-state index in [9.17, 15) is 4.39 Å². The van der Waals surface area contributed by atoms with Gasteiger partial charge in [0.2, 0.25) is 0 Å². The Morgan fingerprint density at radius 2 is 2.11 bits per heavy atom. The Morgan fingerprint density at radius 3 is 2.72 bits per heavy atom. The lowest BCUT2D eigenvalue weighted by molar-refractivity contribution is 0.411. The molecule has 2 nitrogen and oxygen atoms in total. The third-order valence-corrected chi connectivity index (χ3v) is 3.38. The maximum atomic E-state index is 13.7. The molecule has 0 aliphatic carbocycles. The number of hydrogen-bond donors (Lipinski definition) is 1. The fraction of sp³-hybridized carbons (Fsp3) is 0.286. The molecule has 1 aromatic carbocycles. The SMILES string of the molecule is CNC(Cc1cc(Br)ccc1F)c1ccc(C)o1. The van der Waals surface area contributed by atoms with Crippen LogP contribution in [-0.2, 0) is 6.42 Å². The van der Waals surface area contributed by atoms with E-state index in [1.54, 1.807) is 12.1 Å². The van der Waals surface area contributed by atoms with Crippen molar-refractivity contribution in [2.24, 2.45) is 0 Å². The molecule has 0 bridgehead atoms. The van der Waals surface area contributed by atoms with Crippen LogP contribution in [0.25, 0.3) is 0 Å². The van der Waals surface area contributed by atoms with Crippen LogP contribution in [0.5, 0.6) is 0 Å². The minimum Gasteiger partial charge on any atom is -0.465 e. The van der Waals surface area contributed by atoms with Gasteiger partial charge in [-0.05, 0) is 56.3 Å². The summed E-state index contributed by atoms with van der Waals surface area (Å²) in [6.07, 6.45) is 0.550. The van der Waals surface area contributed by atoms with E-state index in [1.165, 1.54) is 6.07 Å². The summed E-state index contributed by atoms with van der Waals surface area (Å²) in [6.45, 7) is 1.90. The fourth-order valence-electron chi connectivity index (χ4n) is 1.91. The van der Waals surface area contributed by atoms with Crippen molar-refractivity contribution in [3.63, 3.8) is 0 Å². The van der Waals surface area contributed by atoms with Gasteiger partial charge >= 0.3 is 0 Å². The van der Waals surface area contributed by atoms with Gasteiger partial charge in [-0.15, -0.1) is 0 Å². The molecule has 4 heteroatoms. The Hall–Kier alpha value is -1.13. The highest BCUT2D eigenvalue weighted by Gasteiger charge is 2.16. The van der Waals surface area contributed by atoms with Crippen LogP contribution in [0.4, 0.5) is 4.39 Å². The Labute approximate surface area is 114 Å². The maximum Gasteiger partial charge on any atom is 0.126 e. The van der Waals surface area contributed by atoms with Crippen molar-refractivity contribution in [1.82, 2.24) is 5.32 Å². The molecule has 2 aromatic rings. The van der Waals surface area contributed by atoms with E-state index in [1.807, 2.05) is 26.1 Å². The highest BCUT2D eigenvalue weighted by atomic mass is 79.9. The lowest BCUT2D eigenvalue weighted by Gasteiger charge is -2.14. The number of rotatable bonds is 4. The third-order valence-electron chi connectivity index (χ3n) is 2.88. The Bertz CT molecular complexity index is 538. The van der Waals surface area contributed by atoms with Crippen LogP contribution in [-0.4, -0.2) is 7.05 Å². The van der Waals surface area contributed by atoms with Crippen LogP contribution in [0.15, 0.2) is 39.2 Å². The predicted molar refractivity (Wildman–Crippen MR) is 73.0 cm³/mol. The highest BCUT2D eigenvalue weighted by Crippen LogP contribution is 2.23. The second-order valence-corrected chi connectivity index (χ2v) is 5.15. The quantitative estimate of drug-likeness (QED) is 0.923. The van der Waals surface area contributed by atoms with E-state index < -0.39 is 0 Å². The molecule has 1 aromatic heterocycles. The van der Waals surface area contributed by atoms with Gasteiger partial charge < -0.3 is 9.73 Å². The zero-order valence-corrected chi connectivity index (χ0v) is 11.9. The number of halogens is 2. The molecule has 1 heterocycles. The number of nitrogens with one attached hydrogen (secondary N) is 1. The van der Waals surface area contributed by atoms with Gasteiger partial charge in [0.15, 0.2) is 0 Å². The summed E-state index contributed by atoms with van der Waals surface area (Å²) < 4.78 is 20.2. The van der Waals surface area contributed by atoms with Crippen molar-refractivity contribution < 1.29 is 8.81 Å². The van der Waals surface area contributed by atoms with Gasteiger partial charge in [-0.25, -0.2) is 4.39 Å². The average Bonchev–Trinajstić information content (AvgIpc) is 2.77. The molecule has 2 rings (SSSR count). The molecule has 1 unspecified atom stereocenters. The first-order valence-electron chi connectivity index (χ1n) is 5.77. The molecule has 0 aliphatic rings. The van der Waals surface area contributed by atoms with Gasteiger partial charge in [0.05, 0.1) is 6.04 Å². The minimum absolute atomic E-state index is 0.0255. The molecule has 96 valence electrons. The summed E-state index contributed by atoms with van der Waals surface area (Å²) in [5.41, 5.74) is 0.665. The maximum absolute atomic E-state index is 13.7. The topological polar surface area (TPSA) is 25.2 Å². The van der Waals surface area contributed by atoms with Crippen LogP contribution in [0, 0.1) is 12.7 Å². The van der Waals surface area contributed by atoms with Crippen LogP contribution in [0.1, 0.15) is 23.1 Å². The predicted octanol–water partition coefficient (Wildman–Crippen LogP) is 3.99. The Kier molecular flexibility index (Phi) is 4.19. The van der Waals surface area contributed by atoms with Crippen molar-refractivity contribution in [3.05, 3.63) is 57.7 Å². The molecule has 0 fully saturated rings. The van der Waals surface area contributed by atoms with E-state index >= 15 is 0 Å². The normalized spacial score (nSPS) is 12.7. The zero-order valence-electron chi connectivity index (χ0n) is 10.3. The van der Waals surface area contributed by atoms with Crippen LogP contribution in [0.3, 0.4) is 0 Å². The molecular weight excluding hydrogens is 297 g/mol. The zero-order chi connectivity index (χ0) is 13.1. The number of furan rings is 1. The first-order chi connectivity index (χ1) is 8.60. The van der Waals surface area contributed by atoms with Gasteiger partial charge in [0.1, 0.15) is 17.3 Å². The molecule has 0 aliphatic heterocycles. The molecule has 18 heavy (non-hydrogen) atoms. The van der Waals surface area contributed by atoms with Crippen molar-refractivity contribution in [2.45, 2.75) is 19.4 Å². The van der Waals surface area contributed by atoms with Gasteiger partial charge in [0.25, 0.3) is 0 Å². The van der Waals surface area contributed by atoms with Crippen molar-refractivity contribution >= 4 is 15.9 Å². The molecule has 0 saturated carbocycles. The lowest BCUT2D eigenvalue weighted by atomic mass is 10.0. The summed E-state index contributed by atoms with van der Waals surface area (Å²) in [5.74, 6) is 1.50. The van der Waals surface area contributed by atoms with E-state index in [-0.39, 0.29) is 11.9 Å². The standard InChI is InChI=1S/C14H15BrFNO/c1-9-3-6-14(18-9)13(17-2)8-10-7-11(15)4-5-12(10)16/h3-7,13,17H,8H2,1-2H3. The Balaban J connectivity index is 2.22. The molecule has 0 saturated heterocycles. The molecule has 1 N–H and O–H groups in total. The van der Waals surface area contributed by atoms with Gasteiger partial charge in [-0.1, -0.05) is 15.9 Å². The van der Waals surface area contributed by atoms with E-state index in [4.69, 9.17) is 4.42 Å². The number of hydrogen-bond acceptors (Lipinski definition) is 2. The van der Waals surface area contributed by atoms with Crippen molar-refractivity contribution in [2.75, 3.05) is 7.05 Å². The largest absolute Gasteiger partial charge is 0.465 e. The second kappa shape index (κ2) is 5.67. The summed E-state index contributed by atoms with van der Waals surface area (Å²) in [6, 6.07) is 8.78. The van der Waals surface area contributed by atoms with Crippen LogP contribution >= 0.6 is 15.9 Å². The van der Waals surface area contributed by atoms with Gasteiger partial charge in [0, 0.05) is 4.47 Å². The van der Waals surface area contributed by atoms with Gasteiger partial charge in [-0.3, -0.25) is 0 Å². The highest BCUT2D eigenvalue weighted by molar-refractivity contribution is 9.10. The number of likely N-dealkylation sites (N-methyl/N-ethyl adjacent to an activating group) is 1. The van der Waals surface area contributed by atoms with E-state index in [0.717, 1.165) is 16.0 Å². The number of aryl methyl sites for hydroxylation is 1. The summed E-state index contributed by atoms with van der Waals surface area (Å²) >= 11 is 3.36. The monoisotopic (exact) mass is 311 g/mol. The molecule has 0 spiro atoms. The lowest BCUT2D eigenvalue weighted by Crippen LogP contribution is -2.18. The Morgan fingerprint density at radius 1 is 1.33 bits per heavy atom. The fourth-order valence-corrected chi connectivity index (χ4v) is 2.31.